The number of ether oxygens (including phenoxy) is 1. The van der Waals surface area contributed by atoms with Crippen molar-refractivity contribution in [2.24, 2.45) is 0 Å². The van der Waals surface area contributed by atoms with Crippen molar-refractivity contribution >= 4 is 11.7 Å². The quantitative estimate of drug-likeness (QED) is 0.437. The van der Waals surface area contributed by atoms with E-state index in [9.17, 15) is 15.0 Å². The van der Waals surface area contributed by atoms with Crippen LogP contribution in [0, 0.1) is 6.92 Å². The Morgan fingerprint density at radius 1 is 1.17 bits per heavy atom. The van der Waals surface area contributed by atoms with E-state index in [0.717, 1.165) is 47.1 Å². The van der Waals surface area contributed by atoms with Crippen LogP contribution in [-0.2, 0) is 17.7 Å². The smallest absolute Gasteiger partial charge is 0.407 e. The van der Waals surface area contributed by atoms with Gasteiger partial charge in [-0.1, -0.05) is 55.7 Å². The average Bonchev–Trinajstić information content (AvgIpc) is 2.67. The van der Waals surface area contributed by atoms with Crippen molar-refractivity contribution in [2.75, 3.05) is 6.61 Å². The number of benzene rings is 2. The van der Waals surface area contributed by atoms with Gasteiger partial charge in [0.2, 0.25) is 0 Å². The highest BCUT2D eigenvalue weighted by Gasteiger charge is 2.21. The molecule has 0 aliphatic heterocycles. The highest BCUT2D eigenvalue weighted by atomic mass is 16.5. The molecule has 5 nitrogen and oxygen atoms in total. The summed E-state index contributed by atoms with van der Waals surface area (Å²) >= 11 is 0. The first-order valence-corrected chi connectivity index (χ1v) is 10.5. The third-order valence-corrected chi connectivity index (χ3v) is 5.12. The second kappa shape index (κ2) is 10.7. The van der Waals surface area contributed by atoms with Crippen LogP contribution in [0.1, 0.15) is 62.3 Å². The van der Waals surface area contributed by atoms with Gasteiger partial charge in [-0.15, -0.1) is 0 Å². The lowest BCUT2D eigenvalue weighted by molar-refractivity contribution is 0.151. The molecular weight excluding hydrogens is 378 g/mol. The molecule has 30 heavy (non-hydrogen) atoms. The van der Waals surface area contributed by atoms with Gasteiger partial charge in [0, 0.05) is 5.56 Å². The number of aryl methyl sites for hydroxylation is 2. The maximum absolute atomic E-state index is 11.8. The normalized spacial score (nSPS) is 10.7. The predicted octanol–water partition coefficient (Wildman–Crippen LogP) is 6.09. The molecule has 0 aliphatic carbocycles. The molecule has 0 unspecified atom stereocenters. The fourth-order valence-corrected chi connectivity index (χ4v) is 3.58. The third-order valence-electron chi connectivity index (χ3n) is 5.12. The highest BCUT2D eigenvalue weighted by Crippen LogP contribution is 2.44. The van der Waals surface area contributed by atoms with Crippen molar-refractivity contribution in [1.82, 2.24) is 5.32 Å². The number of phenolic OH excluding ortho intramolecular Hbond substituents is 2. The molecule has 0 bridgehead atoms. The highest BCUT2D eigenvalue weighted by molar-refractivity contribution is 5.87. The number of aromatic hydroxyl groups is 2. The Morgan fingerprint density at radius 3 is 2.53 bits per heavy atom. The zero-order valence-corrected chi connectivity index (χ0v) is 18.5. The van der Waals surface area contributed by atoms with Crippen LogP contribution in [0.15, 0.2) is 30.8 Å². The van der Waals surface area contributed by atoms with Gasteiger partial charge >= 0.3 is 6.09 Å². The lowest BCUT2D eigenvalue weighted by atomic mass is 9.89. The fraction of sp³-hybridized carbons (Fsp3) is 0.400. The van der Waals surface area contributed by atoms with Crippen LogP contribution < -0.4 is 5.32 Å². The summed E-state index contributed by atoms with van der Waals surface area (Å²) in [6, 6.07) is 7.55. The summed E-state index contributed by atoms with van der Waals surface area (Å²) in [5.74, 6) is -0.00150. The standard InChI is InChI=1S/C25H33NO4/c1-6-8-9-10-18-14-22(27)23(20-13-17(5)11-12-19(20)16(3)4)24(28)21(18)15-26-25(29)30-7-2/h11-14,27-28H,3,6-10,15H2,1-2,4-5H3,(H,26,29). The Bertz CT molecular complexity index is 918. The number of carbonyl (C=O) groups is 1. The van der Waals surface area contributed by atoms with Crippen LogP contribution in [0.3, 0.4) is 0 Å². The summed E-state index contributed by atoms with van der Waals surface area (Å²) < 4.78 is 4.95. The first-order chi connectivity index (χ1) is 14.3. The van der Waals surface area contributed by atoms with Crippen LogP contribution >= 0.6 is 0 Å². The molecule has 0 aliphatic rings. The van der Waals surface area contributed by atoms with Gasteiger partial charge in [0.05, 0.1) is 18.7 Å². The van der Waals surface area contributed by atoms with E-state index in [2.05, 4.69) is 18.8 Å². The summed E-state index contributed by atoms with van der Waals surface area (Å²) in [5, 5.41) is 24.8. The largest absolute Gasteiger partial charge is 0.507 e. The Labute approximate surface area is 179 Å². The van der Waals surface area contributed by atoms with E-state index in [0.29, 0.717) is 17.5 Å². The van der Waals surface area contributed by atoms with Gasteiger partial charge in [0.25, 0.3) is 0 Å². The molecule has 0 radical (unpaired) electrons. The molecule has 1 amide bonds. The molecule has 3 N–H and O–H groups in total. The van der Waals surface area contributed by atoms with E-state index in [-0.39, 0.29) is 24.7 Å². The van der Waals surface area contributed by atoms with Crippen molar-refractivity contribution in [2.45, 2.75) is 59.9 Å². The van der Waals surface area contributed by atoms with E-state index in [4.69, 9.17) is 4.74 Å². The van der Waals surface area contributed by atoms with Gasteiger partial charge in [0.15, 0.2) is 0 Å². The fourth-order valence-electron chi connectivity index (χ4n) is 3.58. The summed E-state index contributed by atoms with van der Waals surface area (Å²) in [6.45, 7) is 12.1. The molecule has 162 valence electrons. The maximum Gasteiger partial charge on any atom is 0.407 e. The van der Waals surface area contributed by atoms with Crippen molar-refractivity contribution in [3.63, 3.8) is 0 Å². The number of hydrogen-bond donors (Lipinski definition) is 3. The molecule has 0 saturated carbocycles. The Kier molecular flexibility index (Phi) is 8.34. The van der Waals surface area contributed by atoms with Crippen LogP contribution in [0.5, 0.6) is 11.5 Å². The molecule has 0 fully saturated rings. The van der Waals surface area contributed by atoms with Crippen molar-refractivity contribution in [3.8, 4) is 22.6 Å². The minimum atomic E-state index is -0.538. The molecule has 2 aromatic carbocycles. The molecule has 5 heteroatoms. The number of unbranched alkanes of at least 4 members (excludes halogenated alkanes) is 2. The summed E-state index contributed by atoms with van der Waals surface area (Å²) in [4.78, 5) is 11.8. The van der Waals surface area contributed by atoms with Gasteiger partial charge in [-0.2, -0.15) is 0 Å². The van der Waals surface area contributed by atoms with Gasteiger partial charge in [-0.05, 0) is 56.4 Å². The maximum atomic E-state index is 11.8. The van der Waals surface area contributed by atoms with Gasteiger partial charge in [-0.25, -0.2) is 4.79 Å². The average molecular weight is 412 g/mol. The lowest BCUT2D eigenvalue weighted by Gasteiger charge is -2.19. The van der Waals surface area contributed by atoms with Crippen molar-refractivity contribution in [3.05, 3.63) is 53.1 Å². The zero-order valence-electron chi connectivity index (χ0n) is 18.5. The molecule has 0 saturated heterocycles. The molecule has 2 rings (SSSR count). The number of amides is 1. The molecular formula is C25H33NO4. The van der Waals surface area contributed by atoms with Crippen LogP contribution in [-0.4, -0.2) is 22.9 Å². The Hall–Kier alpha value is -2.95. The van der Waals surface area contributed by atoms with E-state index in [1.807, 2.05) is 32.0 Å². The summed E-state index contributed by atoms with van der Waals surface area (Å²) in [5.41, 5.74) is 5.19. The van der Waals surface area contributed by atoms with Crippen molar-refractivity contribution in [1.29, 1.82) is 0 Å². The minimum Gasteiger partial charge on any atom is -0.507 e. The monoisotopic (exact) mass is 411 g/mol. The SMILES string of the molecule is C=C(C)c1ccc(C)cc1-c1c(O)cc(CCCCC)c(CNC(=O)OCC)c1O. The zero-order chi connectivity index (χ0) is 22.3. The number of rotatable bonds is 9. The van der Waals surface area contributed by atoms with E-state index in [1.54, 1.807) is 13.0 Å². The summed E-state index contributed by atoms with van der Waals surface area (Å²) in [7, 11) is 0. The molecule has 0 atom stereocenters. The van der Waals surface area contributed by atoms with E-state index < -0.39 is 6.09 Å². The molecule has 0 aromatic heterocycles. The second-order valence-electron chi connectivity index (χ2n) is 7.62. The second-order valence-corrected chi connectivity index (χ2v) is 7.62. The van der Waals surface area contributed by atoms with E-state index >= 15 is 0 Å². The third kappa shape index (κ3) is 5.56. The molecule has 0 spiro atoms. The number of hydrogen-bond acceptors (Lipinski definition) is 4. The van der Waals surface area contributed by atoms with E-state index in [1.165, 1.54) is 0 Å². The molecule has 2 aromatic rings. The van der Waals surface area contributed by atoms with Gasteiger partial charge in [-0.3, -0.25) is 0 Å². The first-order valence-electron chi connectivity index (χ1n) is 10.5. The number of nitrogens with one attached hydrogen (secondary N) is 1. The number of allylic oxidation sites excluding steroid dienone is 1. The van der Waals surface area contributed by atoms with Crippen molar-refractivity contribution < 1.29 is 19.7 Å². The lowest BCUT2D eigenvalue weighted by Crippen LogP contribution is -2.24. The van der Waals surface area contributed by atoms with Gasteiger partial charge in [0.1, 0.15) is 11.5 Å². The first kappa shape index (κ1) is 23.3. The minimum absolute atomic E-state index is 0.0204. The van der Waals surface area contributed by atoms with Gasteiger partial charge < -0.3 is 20.3 Å². The molecule has 0 heterocycles. The van der Waals surface area contributed by atoms with Crippen LogP contribution in [0.2, 0.25) is 0 Å². The topological polar surface area (TPSA) is 78.8 Å². The number of alkyl carbamates (subject to hydrolysis) is 1. The predicted molar refractivity (Wildman–Crippen MR) is 122 cm³/mol. The Morgan fingerprint density at radius 2 is 1.90 bits per heavy atom. The Balaban J connectivity index is 2.60. The number of phenols is 2. The summed E-state index contributed by atoms with van der Waals surface area (Å²) in [6.07, 6.45) is 3.21. The van der Waals surface area contributed by atoms with Crippen LogP contribution in [0.25, 0.3) is 16.7 Å². The van der Waals surface area contributed by atoms with Crippen LogP contribution in [0.4, 0.5) is 4.79 Å². The number of carbonyl (C=O) groups excluding carboxylic acids is 1.